The second-order valence-corrected chi connectivity index (χ2v) is 13.5. The summed E-state index contributed by atoms with van der Waals surface area (Å²) < 4.78 is 67.0. The Kier molecular flexibility index (Phi) is 9.24. The van der Waals surface area contributed by atoms with Gasteiger partial charge in [0.25, 0.3) is 0 Å². The Balaban J connectivity index is 1.19. The molecule has 0 bridgehead atoms. The number of fused-ring (bicyclic) bond motifs is 1. The molecule has 0 aliphatic carbocycles. The van der Waals surface area contributed by atoms with E-state index in [9.17, 15) is 12.8 Å². The molecule has 5 aromatic rings. The van der Waals surface area contributed by atoms with Crippen molar-refractivity contribution in [3.8, 4) is 5.75 Å². The van der Waals surface area contributed by atoms with Gasteiger partial charge in [-0.2, -0.15) is 0 Å². The summed E-state index contributed by atoms with van der Waals surface area (Å²) in [6.07, 6.45) is 6.47. The second-order valence-electron chi connectivity index (χ2n) is 10.6. The number of rotatable bonds is 12. The van der Waals surface area contributed by atoms with Gasteiger partial charge in [-0.15, -0.1) is 0 Å². The molecule has 9 nitrogen and oxygen atoms in total. The number of ether oxygens (including phenoxy) is 2. The summed E-state index contributed by atoms with van der Waals surface area (Å²) in [5, 5.41) is 6.98. The normalized spacial score (nSPS) is 16.0. The molecule has 1 aliphatic heterocycles. The Morgan fingerprint density at radius 2 is 1.89 bits per heavy atom. The van der Waals surface area contributed by atoms with Gasteiger partial charge in [0.1, 0.15) is 36.1 Å². The molecule has 0 fully saturated rings. The van der Waals surface area contributed by atoms with Gasteiger partial charge in [-0.3, -0.25) is 0 Å². The van der Waals surface area contributed by atoms with E-state index in [1.807, 2.05) is 6.07 Å². The van der Waals surface area contributed by atoms with E-state index in [2.05, 4.69) is 41.5 Å². The van der Waals surface area contributed by atoms with Crippen LogP contribution in [0.1, 0.15) is 17.5 Å². The van der Waals surface area contributed by atoms with Crippen molar-refractivity contribution in [2.75, 3.05) is 24.2 Å². The molecule has 6 rings (SSSR count). The van der Waals surface area contributed by atoms with E-state index < -0.39 is 21.3 Å². The summed E-state index contributed by atoms with van der Waals surface area (Å²) in [5.74, 6) is -0.00193. The molecule has 3 aromatic carbocycles. The lowest BCUT2D eigenvalue weighted by Gasteiger charge is -2.30. The van der Waals surface area contributed by atoms with Crippen LogP contribution in [-0.2, 0) is 26.8 Å². The zero-order valence-electron chi connectivity index (χ0n) is 24.3. The zero-order chi connectivity index (χ0) is 32.1. The monoisotopic (exact) mass is 707 g/mol. The minimum absolute atomic E-state index is 0.00367. The van der Waals surface area contributed by atoms with Gasteiger partial charge in [-0.1, -0.05) is 18.2 Å². The van der Waals surface area contributed by atoms with E-state index in [0.717, 1.165) is 0 Å². The minimum atomic E-state index is -3.59. The van der Waals surface area contributed by atoms with Gasteiger partial charge >= 0.3 is 0 Å². The number of pyridine rings is 1. The second kappa shape index (κ2) is 13.5. The van der Waals surface area contributed by atoms with Crippen molar-refractivity contribution in [2.45, 2.75) is 23.7 Å². The number of nitrogens with zero attached hydrogens (tertiary/aromatic N) is 3. The number of aromatic nitrogens is 3. The maximum atomic E-state index is 15.6. The quantitative estimate of drug-likeness (QED) is 0.139. The predicted octanol–water partition coefficient (Wildman–Crippen LogP) is 6.58. The van der Waals surface area contributed by atoms with E-state index in [-0.39, 0.29) is 41.9 Å². The third-order valence-electron chi connectivity index (χ3n) is 7.44. The highest BCUT2D eigenvalue weighted by molar-refractivity contribution is 9.10. The summed E-state index contributed by atoms with van der Waals surface area (Å²) in [6.45, 7) is 0.466. The Hall–Kier alpha value is -4.46. The predicted molar refractivity (Wildman–Crippen MR) is 173 cm³/mol. The lowest BCUT2D eigenvalue weighted by molar-refractivity contribution is 0.0385. The first-order valence-electron chi connectivity index (χ1n) is 14.3. The van der Waals surface area contributed by atoms with Crippen LogP contribution in [0.3, 0.4) is 0 Å². The number of hydrogen-bond acceptors (Lipinski definition) is 9. The molecule has 2 aromatic heterocycles. The Labute approximate surface area is 272 Å². The van der Waals surface area contributed by atoms with E-state index in [1.165, 1.54) is 43.1 Å². The molecule has 0 saturated heterocycles. The topological polar surface area (TPSA) is 115 Å². The smallest absolute Gasteiger partial charge is 0.196 e. The van der Waals surface area contributed by atoms with E-state index in [1.54, 1.807) is 48.5 Å². The van der Waals surface area contributed by atoms with Gasteiger partial charge in [0.05, 0.1) is 22.0 Å². The first-order chi connectivity index (χ1) is 22.2. The van der Waals surface area contributed by atoms with Crippen LogP contribution in [0, 0.1) is 11.6 Å². The summed E-state index contributed by atoms with van der Waals surface area (Å²) in [5.41, 5.74) is 0.950. The van der Waals surface area contributed by atoms with Crippen molar-refractivity contribution in [2.24, 2.45) is 0 Å². The van der Waals surface area contributed by atoms with Crippen LogP contribution in [0.5, 0.6) is 5.75 Å². The number of benzene rings is 3. The van der Waals surface area contributed by atoms with Gasteiger partial charge in [0.2, 0.25) is 0 Å². The SMILES string of the molecule is O=S(=O)(CCNCC1(c2cc3c(Nc4ccc(OCc5cccc(F)c5)c(Br)c4)ncnc3cc2F)CC=CO1)c1ccccn1. The Morgan fingerprint density at radius 3 is 2.65 bits per heavy atom. The van der Waals surface area contributed by atoms with Crippen LogP contribution in [-0.4, -0.2) is 42.2 Å². The fraction of sp³-hybridized carbons (Fsp3) is 0.182. The minimum Gasteiger partial charge on any atom is -0.489 e. The summed E-state index contributed by atoms with van der Waals surface area (Å²) in [6, 6.07) is 19.3. The number of nitrogens with one attached hydrogen (secondary N) is 2. The molecule has 13 heteroatoms. The fourth-order valence-electron chi connectivity index (χ4n) is 5.13. The zero-order valence-corrected chi connectivity index (χ0v) is 26.7. The lowest BCUT2D eigenvalue weighted by atomic mass is 9.89. The number of hydrogen-bond donors (Lipinski definition) is 2. The molecule has 46 heavy (non-hydrogen) atoms. The van der Waals surface area contributed by atoms with Gasteiger partial charge < -0.3 is 20.1 Å². The van der Waals surface area contributed by atoms with Crippen molar-refractivity contribution in [3.05, 3.63) is 125 Å². The molecule has 0 amide bonds. The van der Waals surface area contributed by atoms with Gasteiger partial charge in [-0.05, 0) is 76.1 Å². The molecular formula is C33H28BrF2N5O4S. The standard InChI is InChI=1S/C33H28BrF2N5O4S/c34-27-16-24(8-9-30(27)44-19-22-5-3-6-23(35)15-22)41-32-25-17-26(28(36)18-29(25)39-21-40-32)33(10-4-13-45-33)20-37-12-14-46(42,43)31-7-1-2-11-38-31/h1-9,11,13,15-18,21,37H,10,12,14,19-20H2,(H,39,40,41). The third kappa shape index (κ3) is 7.01. The molecule has 1 atom stereocenters. The van der Waals surface area contributed by atoms with Crippen molar-refractivity contribution >= 4 is 48.2 Å². The van der Waals surface area contributed by atoms with Gasteiger partial charge in [-0.25, -0.2) is 32.2 Å². The summed E-state index contributed by atoms with van der Waals surface area (Å²) >= 11 is 3.53. The first kappa shape index (κ1) is 31.5. The van der Waals surface area contributed by atoms with Gasteiger partial charge in [0, 0.05) is 48.4 Å². The highest BCUT2D eigenvalue weighted by Gasteiger charge is 2.38. The largest absolute Gasteiger partial charge is 0.489 e. The third-order valence-corrected chi connectivity index (χ3v) is 9.69. The van der Waals surface area contributed by atoms with Crippen LogP contribution >= 0.6 is 15.9 Å². The lowest BCUT2D eigenvalue weighted by Crippen LogP contribution is -2.40. The molecule has 1 unspecified atom stereocenters. The van der Waals surface area contributed by atoms with E-state index >= 15 is 4.39 Å². The average Bonchev–Trinajstić information content (AvgIpc) is 3.53. The maximum absolute atomic E-state index is 15.6. The van der Waals surface area contributed by atoms with Crippen LogP contribution in [0.4, 0.5) is 20.3 Å². The van der Waals surface area contributed by atoms with Crippen LogP contribution in [0.15, 0.2) is 107 Å². The Morgan fingerprint density at radius 1 is 1.00 bits per heavy atom. The van der Waals surface area contributed by atoms with Crippen molar-refractivity contribution in [3.63, 3.8) is 0 Å². The number of sulfone groups is 1. The molecule has 1 aliphatic rings. The van der Waals surface area contributed by atoms with Crippen LogP contribution in [0.25, 0.3) is 10.9 Å². The van der Waals surface area contributed by atoms with Crippen LogP contribution in [0.2, 0.25) is 0 Å². The molecule has 0 saturated carbocycles. The van der Waals surface area contributed by atoms with Crippen molar-refractivity contribution in [1.82, 2.24) is 20.3 Å². The fourth-order valence-corrected chi connectivity index (χ4v) is 6.75. The molecule has 236 valence electrons. The van der Waals surface area contributed by atoms with Gasteiger partial charge in [0.15, 0.2) is 20.5 Å². The molecule has 0 spiro atoms. The van der Waals surface area contributed by atoms with Crippen molar-refractivity contribution < 1.29 is 26.7 Å². The Bertz CT molecular complexity index is 2010. The van der Waals surface area contributed by atoms with Crippen molar-refractivity contribution in [1.29, 1.82) is 0 Å². The summed E-state index contributed by atoms with van der Waals surface area (Å²) in [4.78, 5) is 12.6. The van der Waals surface area contributed by atoms with E-state index in [4.69, 9.17) is 9.47 Å². The molecule has 3 heterocycles. The maximum Gasteiger partial charge on any atom is 0.196 e. The molecule has 2 N–H and O–H groups in total. The molecular weight excluding hydrogens is 680 g/mol. The summed E-state index contributed by atoms with van der Waals surface area (Å²) in [7, 11) is -3.59. The number of anilines is 2. The molecule has 0 radical (unpaired) electrons. The van der Waals surface area contributed by atoms with E-state index in [0.29, 0.717) is 44.6 Å². The first-order valence-corrected chi connectivity index (χ1v) is 16.7. The number of halogens is 3. The average molecular weight is 709 g/mol. The highest BCUT2D eigenvalue weighted by Crippen LogP contribution is 2.39. The highest BCUT2D eigenvalue weighted by atomic mass is 79.9. The van der Waals surface area contributed by atoms with Crippen LogP contribution < -0.4 is 15.4 Å².